The number of thiazole rings is 1. The Morgan fingerprint density at radius 3 is 2.65 bits per heavy atom. The van der Waals surface area contributed by atoms with Crippen LogP contribution in [-0.4, -0.2) is 10.9 Å². The van der Waals surface area contributed by atoms with Crippen molar-refractivity contribution in [2.45, 2.75) is 33.1 Å². The lowest BCUT2D eigenvalue weighted by molar-refractivity contribution is -0.138. The van der Waals surface area contributed by atoms with Crippen LogP contribution < -0.4 is 10.1 Å². The number of ether oxygens (including phenoxy) is 1. The van der Waals surface area contributed by atoms with Crippen molar-refractivity contribution in [1.29, 1.82) is 0 Å². The van der Waals surface area contributed by atoms with Gasteiger partial charge in [0.25, 0.3) is 0 Å². The molecule has 23 heavy (non-hydrogen) atoms. The topological polar surface area (TPSA) is 51.2 Å². The molecule has 1 aromatic carbocycles. The van der Waals surface area contributed by atoms with Gasteiger partial charge in [0.2, 0.25) is 11.8 Å². The molecular weight excluding hydrogens is 329 g/mol. The molecule has 0 aliphatic carbocycles. The van der Waals surface area contributed by atoms with Crippen LogP contribution in [0.3, 0.4) is 0 Å². The van der Waals surface area contributed by atoms with Crippen LogP contribution in [0.1, 0.15) is 29.9 Å². The minimum absolute atomic E-state index is 0.0381. The first-order valence-electron chi connectivity index (χ1n) is 6.86. The van der Waals surface area contributed by atoms with Crippen molar-refractivity contribution in [1.82, 2.24) is 4.98 Å². The van der Waals surface area contributed by atoms with Crippen LogP contribution in [0, 0.1) is 0 Å². The average molecular weight is 344 g/mol. The molecule has 0 bridgehead atoms. The summed E-state index contributed by atoms with van der Waals surface area (Å²) in [6.45, 7) is 2.99. The summed E-state index contributed by atoms with van der Waals surface area (Å²) in [6.07, 6.45) is -3.83. The van der Waals surface area contributed by atoms with Crippen molar-refractivity contribution in [2.24, 2.45) is 0 Å². The standard InChI is InChI=1S/C15H15F3N2O2S/c1-3-12-13(20-14(23-12)19-9(2)21)22-8-10-6-4-5-7-11(10)15(16,17)18/h4-7H,3,8H2,1-2H3,(H,19,20,21). The zero-order chi connectivity index (χ0) is 17.0. The van der Waals surface area contributed by atoms with Gasteiger partial charge in [-0.05, 0) is 12.5 Å². The predicted molar refractivity (Wildman–Crippen MR) is 81.6 cm³/mol. The summed E-state index contributed by atoms with van der Waals surface area (Å²) in [5, 5.41) is 2.91. The van der Waals surface area contributed by atoms with Crippen molar-refractivity contribution in [3.8, 4) is 5.88 Å². The van der Waals surface area contributed by atoms with E-state index in [2.05, 4.69) is 10.3 Å². The number of anilines is 1. The van der Waals surface area contributed by atoms with Crippen LogP contribution >= 0.6 is 11.3 Å². The Labute approximate surface area is 135 Å². The number of carbonyl (C=O) groups is 1. The van der Waals surface area contributed by atoms with Crippen LogP contribution in [0.4, 0.5) is 18.3 Å². The van der Waals surface area contributed by atoms with Crippen LogP contribution in [0.25, 0.3) is 0 Å². The molecule has 0 atom stereocenters. The molecular formula is C15H15F3N2O2S. The van der Waals surface area contributed by atoms with Gasteiger partial charge in [-0.15, -0.1) is 0 Å². The van der Waals surface area contributed by atoms with Gasteiger partial charge in [0.15, 0.2) is 5.13 Å². The van der Waals surface area contributed by atoms with Gasteiger partial charge in [-0.1, -0.05) is 36.5 Å². The maximum Gasteiger partial charge on any atom is 0.416 e. The number of carbonyl (C=O) groups excluding carboxylic acids is 1. The minimum Gasteiger partial charge on any atom is -0.472 e. The number of rotatable bonds is 5. The van der Waals surface area contributed by atoms with Gasteiger partial charge < -0.3 is 10.1 Å². The Bertz CT molecular complexity index is 698. The second kappa shape index (κ2) is 6.99. The molecule has 2 rings (SSSR count). The van der Waals surface area contributed by atoms with Gasteiger partial charge in [0.05, 0.1) is 10.4 Å². The predicted octanol–water partition coefficient (Wildman–Crippen LogP) is 4.26. The SMILES string of the molecule is CCc1sc(NC(C)=O)nc1OCc1ccccc1C(F)(F)F. The molecule has 0 saturated heterocycles. The van der Waals surface area contributed by atoms with Crippen molar-refractivity contribution < 1.29 is 22.7 Å². The second-order valence-corrected chi connectivity index (χ2v) is 5.81. The van der Waals surface area contributed by atoms with Crippen LogP contribution in [-0.2, 0) is 24.0 Å². The summed E-state index contributed by atoms with van der Waals surface area (Å²) < 4.78 is 44.3. The third-order valence-electron chi connectivity index (χ3n) is 2.95. The molecule has 1 aromatic heterocycles. The number of aryl methyl sites for hydroxylation is 1. The van der Waals surface area contributed by atoms with E-state index in [1.807, 2.05) is 6.92 Å². The van der Waals surface area contributed by atoms with Crippen LogP contribution in [0.15, 0.2) is 24.3 Å². The maximum absolute atomic E-state index is 13.0. The first-order chi connectivity index (χ1) is 10.8. The Morgan fingerprint density at radius 2 is 2.04 bits per heavy atom. The summed E-state index contributed by atoms with van der Waals surface area (Å²) >= 11 is 1.24. The zero-order valence-electron chi connectivity index (χ0n) is 12.5. The van der Waals surface area contributed by atoms with E-state index in [9.17, 15) is 18.0 Å². The molecule has 0 radical (unpaired) electrons. The molecule has 124 valence electrons. The van der Waals surface area contributed by atoms with E-state index < -0.39 is 11.7 Å². The number of hydrogen-bond donors (Lipinski definition) is 1. The highest BCUT2D eigenvalue weighted by molar-refractivity contribution is 7.16. The van der Waals surface area contributed by atoms with E-state index in [1.54, 1.807) is 0 Å². The fourth-order valence-electron chi connectivity index (χ4n) is 1.95. The Hall–Kier alpha value is -2.09. The van der Waals surface area contributed by atoms with Gasteiger partial charge >= 0.3 is 6.18 Å². The second-order valence-electron chi connectivity index (χ2n) is 4.73. The van der Waals surface area contributed by atoms with Crippen molar-refractivity contribution in [2.75, 3.05) is 5.32 Å². The van der Waals surface area contributed by atoms with Crippen molar-refractivity contribution in [3.63, 3.8) is 0 Å². The first kappa shape index (κ1) is 17.3. The number of halogens is 3. The molecule has 2 aromatic rings. The lowest BCUT2D eigenvalue weighted by Crippen LogP contribution is -2.11. The quantitative estimate of drug-likeness (QED) is 0.882. The fraction of sp³-hybridized carbons (Fsp3) is 0.333. The molecule has 0 spiro atoms. The molecule has 1 heterocycles. The first-order valence-corrected chi connectivity index (χ1v) is 7.68. The Kier molecular flexibility index (Phi) is 5.25. The molecule has 0 fully saturated rings. The number of hydrogen-bond acceptors (Lipinski definition) is 4. The fourth-order valence-corrected chi connectivity index (χ4v) is 2.84. The number of nitrogens with one attached hydrogen (secondary N) is 1. The van der Waals surface area contributed by atoms with Crippen LogP contribution in [0.5, 0.6) is 5.88 Å². The summed E-state index contributed by atoms with van der Waals surface area (Å²) in [4.78, 5) is 15.9. The van der Waals surface area contributed by atoms with Gasteiger partial charge in [0.1, 0.15) is 6.61 Å². The molecule has 1 amide bonds. The molecule has 8 heteroatoms. The third kappa shape index (κ3) is 4.44. The molecule has 0 aliphatic heterocycles. The summed E-state index contributed by atoms with van der Waals surface area (Å²) in [6, 6.07) is 5.25. The molecule has 0 saturated carbocycles. The largest absolute Gasteiger partial charge is 0.472 e. The van der Waals surface area contributed by atoms with Gasteiger partial charge in [-0.25, -0.2) is 0 Å². The normalized spacial score (nSPS) is 11.3. The van der Waals surface area contributed by atoms with E-state index >= 15 is 0 Å². The zero-order valence-corrected chi connectivity index (χ0v) is 13.3. The summed E-state index contributed by atoms with van der Waals surface area (Å²) in [5.74, 6) is -0.0198. The van der Waals surface area contributed by atoms with Crippen LogP contribution in [0.2, 0.25) is 0 Å². The highest BCUT2D eigenvalue weighted by atomic mass is 32.1. The Morgan fingerprint density at radius 1 is 1.35 bits per heavy atom. The molecule has 4 nitrogen and oxygen atoms in total. The van der Waals surface area contributed by atoms with E-state index in [-0.39, 0.29) is 24.0 Å². The third-order valence-corrected chi connectivity index (χ3v) is 4.05. The maximum atomic E-state index is 13.0. The molecule has 0 aliphatic rings. The van der Waals surface area contributed by atoms with E-state index in [0.717, 1.165) is 10.9 Å². The lowest BCUT2D eigenvalue weighted by atomic mass is 10.1. The van der Waals surface area contributed by atoms with Crippen molar-refractivity contribution >= 4 is 22.4 Å². The number of amides is 1. The summed E-state index contributed by atoms with van der Waals surface area (Å²) in [5.41, 5.74) is -0.688. The Balaban J connectivity index is 2.18. The lowest BCUT2D eigenvalue weighted by Gasteiger charge is -2.12. The number of aromatic nitrogens is 1. The smallest absolute Gasteiger partial charge is 0.416 e. The van der Waals surface area contributed by atoms with E-state index in [0.29, 0.717) is 11.6 Å². The minimum atomic E-state index is -4.43. The highest BCUT2D eigenvalue weighted by Crippen LogP contribution is 2.34. The monoisotopic (exact) mass is 344 g/mol. The van der Waals surface area contributed by atoms with Gasteiger partial charge in [0, 0.05) is 12.5 Å². The number of alkyl halides is 3. The molecule has 0 unspecified atom stereocenters. The highest BCUT2D eigenvalue weighted by Gasteiger charge is 2.33. The van der Waals surface area contributed by atoms with E-state index in [1.165, 1.54) is 36.5 Å². The van der Waals surface area contributed by atoms with Crippen molar-refractivity contribution in [3.05, 3.63) is 40.3 Å². The van der Waals surface area contributed by atoms with E-state index in [4.69, 9.17) is 4.74 Å². The van der Waals surface area contributed by atoms with Gasteiger partial charge in [-0.2, -0.15) is 18.2 Å². The number of nitrogens with zero attached hydrogens (tertiary/aromatic N) is 1. The number of benzene rings is 1. The van der Waals surface area contributed by atoms with Gasteiger partial charge in [-0.3, -0.25) is 4.79 Å². The molecule has 1 N–H and O–H groups in total. The summed E-state index contributed by atoms with van der Waals surface area (Å²) in [7, 11) is 0. The average Bonchev–Trinajstić information content (AvgIpc) is 2.85.